The van der Waals surface area contributed by atoms with Crippen molar-refractivity contribution in [3.63, 3.8) is 0 Å². The van der Waals surface area contributed by atoms with Crippen LogP contribution >= 0.6 is 11.6 Å². The van der Waals surface area contributed by atoms with Gasteiger partial charge >= 0.3 is 0 Å². The SMILES string of the molecule is O=S(=O)(N1CCNCC1)N1CCCC1c1cccc(Cl)c1. The van der Waals surface area contributed by atoms with Crippen LogP contribution in [0.2, 0.25) is 5.02 Å². The maximum atomic E-state index is 12.8. The molecule has 2 heterocycles. The molecule has 1 atom stereocenters. The molecule has 2 fully saturated rings. The zero-order chi connectivity index (χ0) is 14.9. The first kappa shape index (κ1) is 15.2. The predicted octanol–water partition coefficient (Wildman–Crippen LogP) is 1.63. The number of benzene rings is 1. The Morgan fingerprint density at radius 3 is 2.67 bits per heavy atom. The summed E-state index contributed by atoms with van der Waals surface area (Å²) >= 11 is 6.05. The Balaban J connectivity index is 1.86. The number of nitrogens with zero attached hydrogens (tertiary/aromatic N) is 2. The third-order valence-electron chi connectivity index (χ3n) is 4.14. The van der Waals surface area contributed by atoms with Crippen LogP contribution < -0.4 is 5.32 Å². The van der Waals surface area contributed by atoms with Gasteiger partial charge in [-0.05, 0) is 30.5 Å². The van der Waals surface area contributed by atoms with Crippen LogP contribution in [-0.4, -0.2) is 49.8 Å². The second kappa shape index (κ2) is 6.22. The molecule has 21 heavy (non-hydrogen) atoms. The molecular weight excluding hydrogens is 310 g/mol. The van der Waals surface area contributed by atoms with Gasteiger partial charge in [-0.15, -0.1) is 0 Å². The van der Waals surface area contributed by atoms with Crippen molar-refractivity contribution in [2.75, 3.05) is 32.7 Å². The molecule has 2 saturated heterocycles. The summed E-state index contributed by atoms with van der Waals surface area (Å²) in [4.78, 5) is 0. The number of hydrogen-bond donors (Lipinski definition) is 1. The molecule has 2 aliphatic rings. The number of halogens is 1. The largest absolute Gasteiger partial charge is 0.314 e. The second-order valence-electron chi connectivity index (χ2n) is 5.48. The Kier molecular flexibility index (Phi) is 4.51. The highest BCUT2D eigenvalue weighted by Gasteiger charge is 2.39. The van der Waals surface area contributed by atoms with Gasteiger partial charge in [0, 0.05) is 37.7 Å². The van der Waals surface area contributed by atoms with Crippen LogP contribution in [0.5, 0.6) is 0 Å². The Bertz CT molecular complexity index is 602. The molecule has 116 valence electrons. The standard InChI is InChI=1S/C14H20ClN3O2S/c15-13-4-1-3-12(11-13)14-5-2-8-18(14)21(19,20)17-9-6-16-7-10-17/h1,3-4,11,14,16H,2,5-10H2. The quantitative estimate of drug-likeness (QED) is 0.917. The van der Waals surface area contributed by atoms with Crippen LogP contribution in [0.3, 0.4) is 0 Å². The van der Waals surface area contributed by atoms with E-state index in [1.165, 1.54) is 0 Å². The fraction of sp³-hybridized carbons (Fsp3) is 0.571. The van der Waals surface area contributed by atoms with Crippen molar-refractivity contribution < 1.29 is 8.42 Å². The Morgan fingerprint density at radius 2 is 1.95 bits per heavy atom. The smallest absolute Gasteiger partial charge is 0.282 e. The van der Waals surface area contributed by atoms with Gasteiger partial charge in [-0.1, -0.05) is 23.7 Å². The molecule has 7 heteroatoms. The van der Waals surface area contributed by atoms with Gasteiger partial charge in [-0.3, -0.25) is 0 Å². The van der Waals surface area contributed by atoms with Crippen molar-refractivity contribution >= 4 is 21.8 Å². The molecule has 0 aliphatic carbocycles. The summed E-state index contributed by atoms with van der Waals surface area (Å²) in [5.41, 5.74) is 0.985. The van der Waals surface area contributed by atoms with Gasteiger partial charge in [0.25, 0.3) is 10.2 Å². The molecular formula is C14H20ClN3O2S. The van der Waals surface area contributed by atoms with Crippen molar-refractivity contribution in [3.05, 3.63) is 34.9 Å². The Labute approximate surface area is 131 Å². The van der Waals surface area contributed by atoms with E-state index in [-0.39, 0.29) is 6.04 Å². The molecule has 0 amide bonds. The monoisotopic (exact) mass is 329 g/mol. The van der Waals surface area contributed by atoms with E-state index in [0.717, 1.165) is 31.5 Å². The lowest BCUT2D eigenvalue weighted by molar-refractivity contribution is 0.304. The normalized spacial score (nSPS) is 25.3. The number of hydrogen-bond acceptors (Lipinski definition) is 3. The van der Waals surface area contributed by atoms with E-state index in [9.17, 15) is 8.42 Å². The van der Waals surface area contributed by atoms with Crippen LogP contribution in [0.1, 0.15) is 24.4 Å². The molecule has 0 saturated carbocycles. The zero-order valence-corrected chi connectivity index (χ0v) is 13.4. The first-order valence-corrected chi connectivity index (χ1v) is 9.09. The molecule has 1 unspecified atom stereocenters. The van der Waals surface area contributed by atoms with Crippen molar-refractivity contribution in [3.8, 4) is 0 Å². The molecule has 5 nitrogen and oxygen atoms in total. The van der Waals surface area contributed by atoms with E-state index < -0.39 is 10.2 Å². The first-order valence-electron chi connectivity index (χ1n) is 7.32. The van der Waals surface area contributed by atoms with E-state index in [2.05, 4.69) is 5.32 Å². The van der Waals surface area contributed by atoms with Gasteiger partial charge in [0.15, 0.2) is 0 Å². The zero-order valence-electron chi connectivity index (χ0n) is 11.8. The molecule has 1 aromatic rings. The van der Waals surface area contributed by atoms with E-state index in [1.807, 2.05) is 24.3 Å². The van der Waals surface area contributed by atoms with Crippen LogP contribution in [0.4, 0.5) is 0 Å². The van der Waals surface area contributed by atoms with Gasteiger partial charge in [0.2, 0.25) is 0 Å². The number of rotatable bonds is 3. The second-order valence-corrected chi connectivity index (χ2v) is 7.80. The fourth-order valence-electron chi connectivity index (χ4n) is 3.09. The molecule has 0 radical (unpaired) electrons. The Morgan fingerprint density at radius 1 is 1.19 bits per heavy atom. The fourth-order valence-corrected chi connectivity index (χ4v) is 5.13. The topological polar surface area (TPSA) is 52.7 Å². The van der Waals surface area contributed by atoms with E-state index in [0.29, 0.717) is 24.7 Å². The van der Waals surface area contributed by atoms with Crippen LogP contribution in [0, 0.1) is 0 Å². The summed E-state index contributed by atoms with van der Waals surface area (Å²) in [6.07, 6.45) is 1.74. The van der Waals surface area contributed by atoms with E-state index in [4.69, 9.17) is 11.6 Å². The summed E-state index contributed by atoms with van der Waals surface area (Å²) in [7, 11) is -3.39. The van der Waals surface area contributed by atoms with Gasteiger partial charge in [0.05, 0.1) is 6.04 Å². The number of piperazine rings is 1. The van der Waals surface area contributed by atoms with Crippen molar-refractivity contribution in [2.24, 2.45) is 0 Å². The summed E-state index contributed by atoms with van der Waals surface area (Å²) in [6, 6.07) is 7.43. The molecule has 1 N–H and O–H groups in total. The molecule has 2 aliphatic heterocycles. The minimum atomic E-state index is -3.39. The minimum Gasteiger partial charge on any atom is -0.314 e. The van der Waals surface area contributed by atoms with Gasteiger partial charge < -0.3 is 5.32 Å². The maximum absolute atomic E-state index is 12.8. The van der Waals surface area contributed by atoms with Crippen LogP contribution in [-0.2, 0) is 10.2 Å². The first-order chi connectivity index (χ1) is 10.1. The lowest BCUT2D eigenvalue weighted by atomic mass is 10.1. The van der Waals surface area contributed by atoms with E-state index >= 15 is 0 Å². The van der Waals surface area contributed by atoms with Crippen molar-refractivity contribution in [1.29, 1.82) is 0 Å². The third-order valence-corrected chi connectivity index (χ3v) is 6.42. The summed E-state index contributed by atoms with van der Waals surface area (Å²) < 4.78 is 28.9. The highest BCUT2D eigenvalue weighted by atomic mass is 35.5. The molecule has 3 rings (SSSR count). The lowest BCUT2D eigenvalue weighted by Gasteiger charge is -2.33. The lowest BCUT2D eigenvalue weighted by Crippen LogP contribution is -2.51. The van der Waals surface area contributed by atoms with Crippen molar-refractivity contribution in [1.82, 2.24) is 13.9 Å². The summed E-state index contributed by atoms with van der Waals surface area (Å²) in [6.45, 7) is 3.11. The molecule has 0 spiro atoms. The van der Waals surface area contributed by atoms with E-state index in [1.54, 1.807) is 8.61 Å². The number of nitrogens with one attached hydrogen (secondary N) is 1. The maximum Gasteiger partial charge on any atom is 0.282 e. The van der Waals surface area contributed by atoms with Gasteiger partial charge in [-0.25, -0.2) is 0 Å². The minimum absolute atomic E-state index is 0.0939. The van der Waals surface area contributed by atoms with Crippen molar-refractivity contribution in [2.45, 2.75) is 18.9 Å². The molecule has 1 aromatic carbocycles. The molecule has 0 aromatic heterocycles. The highest BCUT2D eigenvalue weighted by molar-refractivity contribution is 7.86. The average molecular weight is 330 g/mol. The van der Waals surface area contributed by atoms with Crippen LogP contribution in [0.25, 0.3) is 0 Å². The predicted molar refractivity (Wildman–Crippen MR) is 83.5 cm³/mol. The Hall–Kier alpha value is -0.660. The van der Waals surface area contributed by atoms with Gasteiger partial charge in [0.1, 0.15) is 0 Å². The summed E-state index contributed by atoms with van der Waals surface area (Å²) in [5, 5.41) is 3.84. The highest BCUT2D eigenvalue weighted by Crippen LogP contribution is 2.36. The van der Waals surface area contributed by atoms with Crippen LogP contribution in [0.15, 0.2) is 24.3 Å². The molecule has 0 bridgehead atoms. The third kappa shape index (κ3) is 3.10. The summed E-state index contributed by atoms with van der Waals surface area (Å²) in [5.74, 6) is 0. The van der Waals surface area contributed by atoms with Gasteiger partial charge in [-0.2, -0.15) is 17.0 Å². The average Bonchev–Trinajstić information content (AvgIpc) is 2.98.